The molecule has 0 saturated heterocycles. The average Bonchev–Trinajstić information content (AvgIpc) is 2.78. The van der Waals surface area contributed by atoms with Crippen LogP contribution in [-0.4, -0.2) is 30.0 Å². The molecule has 0 N–H and O–H groups in total. The van der Waals surface area contributed by atoms with Gasteiger partial charge in [-0.3, -0.25) is 8.37 Å². The smallest absolute Gasteiger partial charge is 0.265 e. The van der Waals surface area contributed by atoms with Crippen molar-refractivity contribution in [3.05, 3.63) is 94.0 Å². The molecule has 0 heterocycles. The maximum Gasteiger partial charge on any atom is 0.297 e. The molecule has 0 aliphatic heterocycles. The summed E-state index contributed by atoms with van der Waals surface area (Å²) in [5, 5.41) is 0. The van der Waals surface area contributed by atoms with Gasteiger partial charge in [0.05, 0.1) is 23.0 Å². The summed E-state index contributed by atoms with van der Waals surface area (Å²) in [4.78, 5) is 0.0545. The Labute approximate surface area is 203 Å². The van der Waals surface area contributed by atoms with Crippen molar-refractivity contribution in [2.75, 3.05) is 13.2 Å². The Kier molecular flexibility index (Phi) is 7.80. The summed E-state index contributed by atoms with van der Waals surface area (Å²) < 4.78 is 62.5. The molecule has 6 nitrogen and oxygen atoms in total. The number of halogens is 1. The predicted octanol–water partition coefficient (Wildman–Crippen LogP) is 5.13. The van der Waals surface area contributed by atoms with Gasteiger partial charge in [0, 0.05) is 9.89 Å². The zero-order valence-corrected chi connectivity index (χ0v) is 21.7. The SMILES string of the molecule is Cc1ccc(S(=O)(=O)OCC(C)(COS(=O)(=O)c2ccc(C)cc2)c2ccc(Br)cc2)cc1. The normalized spacial score (nSPS) is 12.6. The molecule has 3 aromatic rings. The average molecular weight is 553 g/mol. The lowest BCUT2D eigenvalue weighted by atomic mass is 9.84. The van der Waals surface area contributed by atoms with E-state index in [9.17, 15) is 16.8 Å². The largest absolute Gasteiger partial charge is 0.297 e. The van der Waals surface area contributed by atoms with Gasteiger partial charge < -0.3 is 0 Å². The molecule has 9 heteroatoms. The van der Waals surface area contributed by atoms with Gasteiger partial charge in [-0.1, -0.05) is 70.4 Å². The minimum absolute atomic E-state index is 0.0273. The van der Waals surface area contributed by atoms with E-state index in [4.69, 9.17) is 8.37 Å². The Morgan fingerprint density at radius 2 is 1.03 bits per heavy atom. The van der Waals surface area contributed by atoms with E-state index in [-0.39, 0.29) is 23.0 Å². The van der Waals surface area contributed by atoms with Gasteiger partial charge in [-0.15, -0.1) is 0 Å². The van der Waals surface area contributed by atoms with Crippen LogP contribution in [0, 0.1) is 13.8 Å². The molecule has 0 saturated carbocycles. The third kappa shape index (κ3) is 6.51. The quantitative estimate of drug-likeness (QED) is 0.342. The molecular weight excluding hydrogens is 528 g/mol. The molecule has 0 aliphatic rings. The number of hydrogen-bond donors (Lipinski definition) is 0. The van der Waals surface area contributed by atoms with E-state index >= 15 is 0 Å². The third-order valence-corrected chi connectivity index (χ3v) is 8.31. The lowest BCUT2D eigenvalue weighted by Crippen LogP contribution is -2.36. The lowest BCUT2D eigenvalue weighted by Gasteiger charge is -2.29. The van der Waals surface area contributed by atoms with E-state index in [0.29, 0.717) is 5.56 Å². The first-order valence-corrected chi connectivity index (χ1v) is 13.7. The molecule has 0 bridgehead atoms. The first-order valence-electron chi connectivity index (χ1n) is 10.1. The number of hydrogen-bond acceptors (Lipinski definition) is 6. The van der Waals surface area contributed by atoms with Gasteiger partial charge in [-0.25, -0.2) is 0 Å². The van der Waals surface area contributed by atoms with Crippen LogP contribution in [0.3, 0.4) is 0 Å². The van der Waals surface area contributed by atoms with Crippen molar-refractivity contribution in [2.24, 2.45) is 0 Å². The van der Waals surface area contributed by atoms with Crippen molar-refractivity contribution in [1.82, 2.24) is 0 Å². The van der Waals surface area contributed by atoms with Crippen molar-refractivity contribution in [3.8, 4) is 0 Å². The van der Waals surface area contributed by atoms with E-state index in [1.54, 1.807) is 55.5 Å². The van der Waals surface area contributed by atoms with E-state index < -0.39 is 25.7 Å². The topological polar surface area (TPSA) is 86.7 Å². The van der Waals surface area contributed by atoms with Gasteiger partial charge in [-0.05, 0) is 55.8 Å². The lowest BCUT2D eigenvalue weighted by molar-refractivity contribution is 0.162. The molecule has 0 atom stereocenters. The van der Waals surface area contributed by atoms with E-state index in [1.165, 1.54) is 24.3 Å². The first kappa shape index (κ1) is 25.6. The van der Waals surface area contributed by atoms with Gasteiger partial charge >= 0.3 is 0 Å². The second-order valence-electron chi connectivity index (χ2n) is 8.13. The van der Waals surface area contributed by atoms with Crippen LogP contribution < -0.4 is 0 Å². The van der Waals surface area contributed by atoms with Gasteiger partial charge in [0.15, 0.2) is 0 Å². The van der Waals surface area contributed by atoms with Crippen molar-refractivity contribution in [3.63, 3.8) is 0 Å². The monoisotopic (exact) mass is 552 g/mol. The molecule has 0 radical (unpaired) electrons. The fourth-order valence-corrected chi connectivity index (χ4v) is 5.33. The molecule has 0 fully saturated rings. The highest BCUT2D eigenvalue weighted by Crippen LogP contribution is 2.29. The fraction of sp³-hybridized carbons (Fsp3) is 0.250. The maximum atomic E-state index is 12.7. The van der Waals surface area contributed by atoms with Gasteiger partial charge in [-0.2, -0.15) is 16.8 Å². The second kappa shape index (κ2) is 10.1. The minimum atomic E-state index is -4.05. The molecule has 176 valence electrons. The van der Waals surface area contributed by atoms with Crippen molar-refractivity contribution in [2.45, 2.75) is 36.0 Å². The summed E-state index contributed by atoms with van der Waals surface area (Å²) in [7, 11) is -8.10. The maximum absolute atomic E-state index is 12.7. The molecule has 0 aromatic heterocycles. The Hall–Kier alpha value is -2.04. The summed E-state index contributed by atoms with van der Waals surface area (Å²) in [5.74, 6) is 0. The Morgan fingerprint density at radius 3 is 1.39 bits per heavy atom. The standard InChI is InChI=1S/C24H25BrO6S2/c1-18-4-12-22(13-5-18)32(26,27)30-16-24(3,20-8-10-21(25)11-9-20)17-31-33(28,29)23-14-6-19(2)7-15-23/h4-15H,16-17H2,1-3H3. The zero-order chi connectivity index (χ0) is 24.3. The van der Waals surface area contributed by atoms with Crippen molar-refractivity contribution >= 4 is 36.2 Å². The first-order chi connectivity index (χ1) is 15.4. The number of benzene rings is 3. The van der Waals surface area contributed by atoms with Crippen molar-refractivity contribution < 1.29 is 25.2 Å². The molecule has 0 spiro atoms. The van der Waals surface area contributed by atoms with Crippen LogP contribution in [0.5, 0.6) is 0 Å². The molecule has 0 amide bonds. The third-order valence-electron chi connectivity index (χ3n) is 5.23. The number of rotatable bonds is 9. The van der Waals surface area contributed by atoms with Crippen LogP contribution in [-0.2, 0) is 34.0 Å². The Balaban J connectivity index is 1.86. The molecule has 3 rings (SSSR count). The predicted molar refractivity (Wildman–Crippen MR) is 130 cm³/mol. The molecule has 0 aliphatic carbocycles. The van der Waals surface area contributed by atoms with Crippen LogP contribution in [0.1, 0.15) is 23.6 Å². The zero-order valence-electron chi connectivity index (χ0n) is 18.5. The molecule has 0 unspecified atom stereocenters. The fourth-order valence-electron chi connectivity index (χ4n) is 3.02. The van der Waals surface area contributed by atoms with E-state index in [0.717, 1.165) is 15.6 Å². The highest BCUT2D eigenvalue weighted by atomic mass is 79.9. The highest BCUT2D eigenvalue weighted by molar-refractivity contribution is 9.10. The van der Waals surface area contributed by atoms with Gasteiger partial charge in [0.25, 0.3) is 20.2 Å². The molecule has 3 aromatic carbocycles. The molecule has 33 heavy (non-hydrogen) atoms. The molecular formula is C24H25BrO6S2. The summed E-state index contributed by atoms with van der Waals surface area (Å²) in [6, 6.07) is 19.7. The van der Waals surface area contributed by atoms with Gasteiger partial charge in [0.2, 0.25) is 0 Å². The van der Waals surface area contributed by atoms with Crippen LogP contribution >= 0.6 is 15.9 Å². The van der Waals surface area contributed by atoms with E-state index in [1.807, 2.05) is 13.8 Å². The van der Waals surface area contributed by atoms with Crippen LogP contribution in [0.25, 0.3) is 0 Å². The van der Waals surface area contributed by atoms with Crippen LogP contribution in [0.2, 0.25) is 0 Å². The van der Waals surface area contributed by atoms with Crippen LogP contribution in [0.15, 0.2) is 87.1 Å². The number of aryl methyl sites for hydroxylation is 2. The summed E-state index contributed by atoms with van der Waals surface area (Å²) >= 11 is 3.37. The second-order valence-corrected chi connectivity index (χ2v) is 12.3. The Morgan fingerprint density at radius 1 is 0.667 bits per heavy atom. The van der Waals surface area contributed by atoms with Crippen molar-refractivity contribution in [1.29, 1.82) is 0 Å². The Bertz CT molecular complexity index is 1220. The highest BCUT2D eigenvalue weighted by Gasteiger charge is 2.33. The van der Waals surface area contributed by atoms with E-state index in [2.05, 4.69) is 15.9 Å². The summed E-state index contributed by atoms with van der Waals surface area (Å²) in [5.41, 5.74) is 1.44. The van der Waals surface area contributed by atoms with Crippen LogP contribution in [0.4, 0.5) is 0 Å². The summed E-state index contributed by atoms with van der Waals surface area (Å²) in [6.07, 6.45) is 0. The summed E-state index contributed by atoms with van der Waals surface area (Å²) in [6.45, 7) is 4.79. The minimum Gasteiger partial charge on any atom is -0.265 e. The van der Waals surface area contributed by atoms with Gasteiger partial charge in [0.1, 0.15) is 0 Å².